The van der Waals surface area contributed by atoms with Gasteiger partial charge in [0.05, 0.1) is 17.8 Å². The summed E-state index contributed by atoms with van der Waals surface area (Å²) in [5.41, 5.74) is 1.44. The van der Waals surface area contributed by atoms with Gasteiger partial charge >= 0.3 is 0 Å². The van der Waals surface area contributed by atoms with Crippen molar-refractivity contribution < 1.29 is 0 Å². The average Bonchev–Trinajstić information content (AvgIpc) is 2.93. The minimum absolute atomic E-state index is 0.0585. The summed E-state index contributed by atoms with van der Waals surface area (Å²) in [6.07, 6.45) is 3.23. The third-order valence-corrected chi connectivity index (χ3v) is 3.85. The minimum Gasteiger partial charge on any atom is -0.291 e. The van der Waals surface area contributed by atoms with E-state index < -0.39 is 0 Å². The summed E-state index contributed by atoms with van der Waals surface area (Å²) in [6.45, 7) is 8.12. The first-order valence-corrected chi connectivity index (χ1v) is 7.40. The van der Waals surface area contributed by atoms with Crippen LogP contribution in [0.4, 0.5) is 0 Å². The standard InChI is InChI=1S/C17H20N4O/c1-12(13-8-6-5-7-9-13)20-11-18-15-14(16(20)22)10-19-21(15)17(2,3)4/h5-12H,1-4H3/t12-/m1/s1. The van der Waals surface area contributed by atoms with Gasteiger partial charge in [0.15, 0.2) is 5.65 Å². The fraction of sp³-hybridized carbons (Fsp3) is 0.353. The normalized spacial score (nSPS) is 13.5. The number of benzene rings is 1. The molecule has 114 valence electrons. The molecule has 0 spiro atoms. The highest BCUT2D eigenvalue weighted by Gasteiger charge is 2.20. The molecule has 5 heteroatoms. The largest absolute Gasteiger partial charge is 0.291 e. The SMILES string of the molecule is C[C@H](c1ccccc1)n1cnc2c(cnn2C(C)(C)C)c1=O. The molecule has 1 atom stereocenters. The molecule has 0 fully saturated rings. The van der Waals surface area contributed by atoms with Crippen LogP contribution in [0.5, 0.6) is 0 Å². The quantitative estimate of drug-likeness (QED) is 0.730. The lowest BCUT2D eigenvalue weighted by Gasteiger charge is -2.20. The molecule has 0 aliphatic rings. The van der Waals surface area contributed by atoms with Gasteiger partial charge in [-0.25, -0.2) is 9.67 Å². The van der Waals surface area contributed by atoms with Crippen molar-refractivity contribution in [1.82, 2.24) is 19.3 Å². The Kier molecular flexibility index (Phi) is 3.35. The number of nitrogens with zero attached hydrogens (tertiary/aromatic N) is 4. The van der Waals surface area contributed by atoms with Crippen molar-refractivity contribution in [2.45, 2.75) is 39.3 Å². The lowest BCUT2D eigenvalue weighted by atomic mass is 10.1. The highest BCUT2D eigenvalue weighted by molar-refractivity contribution is 5.73. The van der Waals surface area contributed by atoms with Crippen LogP contribution in [0.2, 0.25) is 0 Å². The van der Waals surface area contributed by atoms with Crippen LogP contribution in [-0.4, -0.2) is 19.3 Å². The molecule has 0 unspecified atom stereocenters. The molecule has 2 aromatic heterocycles. The molecule has 5 nitrogen and oxygen atoms in total. The molecule has 2 heterocycles. The third kappa shape index (κ3) is 2.32. The summed E-state index contributed by atoms with van der Waals surface area (Å²) in [5.74, 6) is 0. The number of aromatic nitrogens is 4. The molecule has 0 N–H and O–H groups in total. The maximum absolute atomic E-state index is 12.8. The zero-order valence-corrected chi connectivity index (χ0v) is 13.3. The van der Waals surface area contributed by atoms with E-state index in [0.717, 1.165) is 5.56 Å². The van der Waals surface area contributed by atoms with E-state index in [0.29, 0.717) is 11.0 Å². The summed E-state index contributed by atoms with van der Waals surface area (Å²) in [4.78, 5) is 17.2. The second-order valence-corrected chi connectivity index (χ2v) is 6.51. The summed E-state index contributed by atoms with van der Waals surface area (Å²) in [6, 6.07) is 9.87. The lowest BCUT2D eigenvalue weighted by molar-refractivity contribution is 0.365. The van der Waals surface area contributed by atoms with Crippen LogP contribution in [0.25, 0.3) is 11.0 Å². The summed E-state index contributed by atoms with van der Waals surface area (Å²) in [7, 11) is 0. The monoisotopic (exact) mass is 296 g/mol. The van der Waals surface area contributed by atoms with Crippen LogP contribution in [0, 0.1) is 0 Å². The lowest BCUT2D eigenvalue weighted by Crippen LogP contribution is -2.26. The second-order valence-electron chi connectivity index (χ2n) is 6.51. The van der Waals surface area contributed by atoms with E-state index >= 15 is 0 Å². The smallest absolute Gasteiger partial charge is 0.265 e. The van der Waals surface area contributed by atoms with E-state index in [1.54, 1.807) is 21.8 Å². The van der Waals surface area contributed by atoms with Crippen LogP contribution >= 0.6 is 0 Å². The summed E-state index contributed by atoms with van der Waals surface area (Å²) >= 11 is 0. The van der Waals surface area contributed by atoms with Gasteiger partial charge in [-0.05, 0) is 33.3 Å². The molecule has 22 heavy (non-hydrogen) atoms. The Balaban J connectivity index is 2.14. The predicted molar refractivity (Wildman–Crippen MR) is 87.0 cm³/mol. The number of hydrogen-bond acceptors (Lipinski definition) is 3. The molecule has 0 saturated heterocycles. The molecule has 0 amide bonds. The molecule has 0 bridgehead atoms. The van der Waals surface area contributed by atoms with E-state index in [1.807, 2.05) is 58.0 Å². The minimum atomic E-state index is -0.210. The molecule has 0 saturated carbocycles. The van der Waals surface area contributed by atoms with Crippen molar-refractivity contribution >= 4 is 11.0 Å². The van der Waals surface area contributed by atoms with Crippen molar-refractivity contribution in [3.05, 3.63) is 58.8 Å². The molecule has 1 aromatic carbocycles. The third-order valence-electron chi connectivity index (χ3n) is 3.85. The molecule has 3 rings (SSSR count). The van der Waals surface area contributed by atoms with Crippen molar-refractivity contribution in [2.75, 3.05) is 0 Å². The molecule has 0 aliphatic carbocycles. The van der Waals surface area contributed by atoms with Crippen LogP contribution in [0.3, 0.4) is 0 Å². The van der Waals surface area contributed by atoms with Crippen LogP contribution in [0.1, 0.15) is 39.3 Å². The highest BCUT2D eigenvalue weighted by atomic mass is 16.1. The molecular weight excluding hydrogens is 276 g/mol. The topological polar surface area (TPSA) is 52.7 Å². The van der Waals surface area contributed by atoms with Crippen LogP contribution < -0.4 is 5.56 Å². The predicted octanol–water partition coefficient (Wildman–Crippen LogP) is 2.96. The number of hydrogen-bond donors (Lipinski definition) is 0. The van der Waals surface area contributed by atoms with Crippen LogP contribution in [-0.2, 0) is 5.54 Å². The maximum Gasteiger partial charge on any atom is 0.265 e. The van der Waals surface area contributed by atoms with Gasteiger partial charge in [0.25, 0.3) is 5.56 Å². The first-order chi connectivity index (χ1) is 10.4. The zero-order chi connectivity index (χ0) is 15.9. The maximum atomic E-state index is 12.8. The Bertz CT molecular complexity index is 856. The van der Waals surface area contributed by atoms with Gasteiger partial charge in [-0.15, -0.1) is 0 Å². The van der Waals surface area contributed by atoms with E-state index in [2.05, 4.69) is 10.1 Å². The van der Waals surface area contributed by atoms with Crippen molar-refractivity contribution in [2.24, 2.45) is 0 Å². The van der Waals surface area contributed by atoms with Gasteiger partial charge in [-0.3, -0.25) is 9.36 Å². The van der Waals surface area contributed by atoms with E-state index in [4.69, 9.17) is 0 Å². The fourth-order valence-electron chi connectivity index (χ4n) is 2.58. The molecule has 3 aromatic rings. The van der Waals surface area contributed by atoms with Gasteiger partial charge in [-0.1, -0.05) is 30.3 Å². The Morgan fingerprint density at radius 3 is 2.45 bits per heavy atom. The zero-order valence-electron chi connectivity index (χ0n) is 13.3. The first kappa shape index (κ1) is 14.5. The van der Waals surface area contributed by atoms with Crippen molar-refractivity contribution in [3.63, 3.8) is 0 Å². The van der Waals surface area contributed by atoms with E-state index in [1.165, 1.54) is 0 Å². The Morgan fingerprint density at radius 2 is 1.82 bits per heavy atom. The van der Waals surface area contributed by atoms with Crippen LogP contribution in [0.15, 0.2) is 47.7 Å². The Hall–Kier alpha value is -2.43. The Labute approximate surface area is 129 Å². The summed E-state index contributed by atoms with van der Waals surface area (Å²) < 4.78 is 3.45. The van der Waals surface area contributed by atoms with E-state index in [9.17, 15) is 4.79 Å². The second kappa shape index (κ2) is 5.09. The van der Waals surface area contributed by atoms with Crippen molar-refractivity contribution in [1.29, 1.82) is 0 Å². The number of fused-ring (bicyclic) bond motifs is 1. The van der Waals surface area contributed by atoms with Gasteiger partial charge in [0, 0.05) is 0 Å². The molecular formula is C17H20N4O. The fourth-order valence-corrected chi connectivity index (χ4v) is 2.58. The summed E-state index contributed by atoms with van der Waals surface area (Å²) in [5, 5.41) is 4.90. The van der Waals surface area contributed by atoms with Gasteiger partial charge < -0.3 is 0 Å². The van der Waals surface area contributed by atoms with Gasteiger partial charge in [0.1, 0.15) is 11.7 Å². The van der Waals surface area contributed by atoms with E-state index in [-0.39, 0.29) is 17.1 Å². The molecule has 0 aliphatic heterocycles. The highest BCUT2D eigenvalue weighted by Crippen LogP contribution is 2.20. The van der Waals surface area contributed by atoms with Gasteiger partial charge in [0.2, 0.25) is 0 Å². The van der Waals surface area contributed by atoms with Gasteiger partial charge in [-0.2, -0.15) is 5.10 Å². The number of rotatable bonds is 2. The average molecular weight is 296 g/mol. The molecule has 0 radical (unpaired) electrons. The Morgan fingerprint density at radius 1 is 1.14 bits per heavy atom. The first-order valence-electron chi connectivity index (χ1n) is 7.40. The van der Waals surface area contributed by atoms with Crippen molar-refractivity contribution in [3.8, 4) is 0 Å².